The number of ether oxygens (including phenoxy) is 1. The van der Waals surface area contributed by atoms with Crippen molar-refractivity contribution < 1.29 is 19.5 Å². The van der Waals surface area contributed by atoms with Gasteiger partial charge in [0.1, 0.15) is 10.7 Å². The van der Waals surface area contributed by atoms with Crippen molar-refractivity contribution in [3.05, 3.63) is 32.6 Å². The number of nitrogens with one attached hydrogen (secondary N) is 1. The van der Waals surface area contributed by atoms with E-state index in [4.69, 9.17) is 4.74 Å². The third kappa shape index (κ3) is 3.24. The monoisotopic (exact) mass is 407 g/mol. The number of aryl methyl sites for hydroxylation is 2. The zero-order valence-corrected chi connectivity index (χ0v) is 17.2. The highest BCUT2D eigenvalue weighted by Gasteiger charge is 2.38. The molecule has 4 heterocycles. The first kappa shape index (κ1) is 18.4. The van der Waals surface area contributed by atoms with Gasteiger partial charge in [0.2, 0.25) is 10.8 Å². The molecular weight excluding hydrogens is 384 g/mol. The van der Waals surface area contributed by atoms with Gasteiger partial charge in [0, 0.05) is 12.8 Å². The topological polar surface area (TPSA) is 81.2 Å². The van der Waals surface area contributed by atoms with Crippen LogP contribution in [0.15, 0.2) is 11.4 Å². The Morgan fingerprint density at radius 3 is 2.70 bits per heavy atom. The number of hydrogen-bond acceptors (Lipinski definition) is 7. The molecule has 2 N–H and O–H groups in total. The lowest BCUT2D eigenvalue weighted by Gasteiger charge is -2.33. The number of hydrogen-bond donors (Lipinski definition) is 2. The van der Waals surface area contributed by atoms with Crippen molar-refractivity contribution in [3.63, 3.8) is 0 Å². The molecule has 27 heavy (non-hydrogen) atoms. The molecule has 0 radical (unpaired) electrons. The zero-order chi connectivity index (χ0) is 19.1. The van der Waals surface area contributed by atoms with Crippen LogP contribution in [0.5, 0.6) is 5.88 Å². The molecule has 0 aliphatic carbocycles. The average molecular weight is 408 g/mol. The number of aromatic nitrogens is 3. The van der Waals surface area contributed by atoms with E-state index in [1.165, 1.54) is 38.3 Å². The maximum Gasteiger partial charge on any atom is 0.309 e. The fourth-order valence-corrected chi connectivity index (χ4v) is 6.22. The number of piperidine rings is 1. The lowest BCUT2D eigenvalue weighted by atomic mass is 9.95. The fourth-order valence-electron chi connectivity index (χ4n) is 3.89. The van der Waals surface area contributed by atoms with E-state index in [-0.39, 0.29) is 23.8 Å². The van der Waals surface area contributed by atoms with Crippen LogP contribution in [-0.4, -0.2) is 45.9 Å². The zero-order valence-electron chi connectivity index (χ0n) is 15.6. The van der Waals surface area contributed by atoms with E-state index < -0.39 is 0 Å². The van der Waals surface area contributed by atoms with Gasteiger partial charge >= 0.3 is 5.97 Å². The molecule has 0 aromatic carbocycles. The summed E-state index contributed by atoms with van der Waals surface area (Å²) in [5, 5.41) is 17.3. The number of nitrogens with zero attached hydrogens (tertiary/aromatic N) is 3. The maximum atomic E-state index is 11.9. The summed E-state index contributed by atoms with van der Waals surface area (Å²) in [6.07, 6.45) is 1.59. The van der Waals surface area contributed by atoms with Gasteiger partial charge in [0.25, 0.3) is 0 Å². The number of esters is 1. The molecule has 0 spiro atoms. The first-order chi connectivity index (χ1) is 13.0. The molecule has 0 saturated carbocycles. The molecule has 0 unspecified atom stereocenters. The summed E-state index contributed by atoms with van der Waals surface area (Å²) in [6, 6.07) is 2.14. The second-order valence-electron chi connectivity index (χ2n) is 7.00. The summed E-state index contributed by atoms with van der Waals surface area (Å²) in [4.78, 5) is 20.5. The second-order valence-corrected chi connectivity index (χ2v) is 8.96. The van der Waals surface area contributed by atoms with E-state index in [1.54, 1.807) is 11.3 Å². The summed E-state index contributed by atoms with van der Waals surface area (Å²) < 4.78 is 6.45. The SMILES string of the molecule is COC(=O)C1CC[NH+]([C@H](c2sccc2C)c2sc3nc(C)nn3c2O)CC1. The lowest BCUT2D eigenvalue weighted by Crippen LogP contribution is -3.13. The Morgan fingerprint density at radius 2 is 2.11 bits per heavy atom. The first-order valence-electron chi connectivity index (χ1n) is 9.01. The first-order valence-corrected chi connectivity index (χ1v) is 10.7. The van der Waals surface area contributed by atoms with Gasteiger partial charge in [0.15, 0.2) is 6.04 Å². The third-order valence-electron chi connectivity index (χ3n) is 5.30. The van der Waals surface area contributed by atoms with Crippen molar-refractivity contribution in [1.82, 2.24) is 14.6 Å². The summed E-state index contributed by atoms with van der Waals surface area (Å²) in [5.41, 5.74) is 1.22. The summed E-state index contributed by atoms with van der Waals surface area (Å²) in [7, 11) is 1.45. The van der Waals surface area contributed by atoms with Gasteiger partial charge in [-0.1, -0.05) is 11.3 Å². The predicted molar refractivity (Wildman–Crippen MR) is 104 cm³/mol. The average Bonchev–Trinajstić information content (AvgIpc) is 3.33. The number of fused-ring (bicyclic) bond motifs is 1. The van der Waals surface area contributed by atoms with Crippen LogP contribution < -0.4 is 4.90 Å². The number of carbonyl (C=O) groups excluding carboxylic acids is 1. The predicted octanol–water partition coefficient (Wildman–Crippen LogP) is 1.73. The highest BCUT2D eigenvalue weighted by molar-refractivity contribution is 7.17. The summed E-state index contributed by atoms with van der Waals surface area (Å²) in [6.45, 7) is 5.64. The van der Waals surface area contributed by atoms with E-state index in [0.717, 1.165) is 30.8 Å². The molecule has 1 aliphatic rings. The van der Waals surface area contributed by atoms with Gasteiger partial charge in [-0.25, -0.2) is 4.98 Å². The molecule has 3 aromatic rings. The standard InChI is InChI=1S/C18H22N4O3S2/c1-10-6-9-26-14(10)13(21-7-4-12(5-8-21)17(24)25-3)15-16(23)22-18(27-15)19-11(2)20-22/h6,9,12-13,23H,4-5,7-8H2,1-3H3/p+1/t13-/m1/s1. The quantitative estimate of drug-likeness (QED) is 0.644. The van der Waals surface area contributed by atoms with Crippen LogP contribution in [0.1, 0.15) is 40.0 Å². The highest BCUT2D eigenvalue weighted by Crippen LogP contribution is 2.38. The van der Waals surface area contributed by atoms with Crippen LogP contribution in [0.25, 0.3) is 4.96 Å². The fraction of sp³-hybridized carbons (Fsp3) is 0.500. The van der Waals surface area contributed by atoms with Crippen LogP contribution in [0.2, 0.25) is 0 Å². The van der Waals surface area contributed by atoms with Crippen molar-refractivity contribution in [2.75, 3.05) is 20.2 Å². The number of aromatic hydroxyl groups is 1. The molecule has 7 nitrogen and oxygen atoms in total. The molecular formula is C18H23N4O3S2+. The van der Waals surface area contributed by atoms with Crippen molar-refractivity contribution in [1.29, 1.82) is 0 Å². The van der Waals surface area contributed by atoms with Crippen LogP contribution in [0.3, 0.4) is 0 Å². The summed E-state index contributed by atoms with van der Waals surface area (Å²) in [5.74, 6) is 0.687. The van der Waals surface area contributed by atoms with Gasteiger partial charge in [0.05, 0.1) is 31.0 Å². The van der Waals surface area contributed by atoms with Crippen LogP contribution >= 0.6 is 22.7 Å². The number of carbonyl (C=O) groups is 1. The minimum atomic E-state index is -0.116. The molecule has 4 rings (SSSR count). The molecule has 1 fully saturated rings. The van der Waals surface area contributed by atoms with Crippen molar-refractivity contribution in [2.45, 2.75) is 32.7 Å². The Kier molecular flexibility index (Phi) is 4.92. The number of likely N-dealkylation sites (tertiary alicyclic amines) is 1. The van der Waals surface area contributed by atoms with E-state index >= 15 is 0 Å². The number of thiophene rings is 1. The summed E-state index contributed by atoms with van der Waals surface area (Å²) >= 11 is 3.21. The number of thiazole rings is 1. The largest absolute Gasteiger partial charge is 0.492 e. The lowest BCUT2D eigenvalue weighted by molar-refractivity contribution is -0.930. The van der Waals surface area contributed by atoms with Gasteiger partial charge < -0.3 is 14.7 Å². The molecule has 3 aromatic heterocycles. The number of quaternary nitrogens is 1. The Morgan fingerprint density at radius 1 is 1.37 bits per heavy atom. The van der Waals surface area contributed by atoms with Crippen LogP contribution in [-0.2, 0) is 9.53 Å². The molecule has 1 aliphatic heterocycles. The van der Waals surface area contributed by atoms with E-state index in [9.17, 15) is 9.90 Å². The maximum absolute atomic E-state index is 11.9. The molecule has 9 heteroatoms. The minimum absolute atomic E-state index is 0.0254. The normalized spacial score (nSPS) is 21.4. The van der Waals surface area contributed by atoms with E-state index in [2.05, 4.69) is 28.5 Å². The van der Waals surface area contributed by atoms with Crippen molar-refractivity contribution in [2.24, 2.45) is 5.92 Å². The van der Waals surface area contributed by atoms with E-state index in [0.29, 0.717) is 10.8 Å². The smallest absolute Gasteiger partial charge is 0.309 e. The Balaban J connectivity index is 1.70. The molecule has 1 atom stereocenters. The Hall–Kier alpha value is -1.97. The van der Waals surface area contributed by atoms with E-state index in [1.807, 2.05) is 6.92 Å². The molecule has 144 valence electrons. The second kappa shape index (κ2) is 7.21. The highest BCUT2D eigenvalue weighted by atomic mass is 32.1. The number of rotatable bonds is 4. The molecule has 0 amide bonds. The van der Waals surface area contributed by atoms with Crippen molar-refractivity contribution in [3.8, 4) is 5.88 Å². The molecule has 1 saturated heterocycles. The van der Waals surface area contributed by atoms with Gasteiger partial charge in [-0.2, -0.15) is 4.52 Å². The van der Waals surface area contributed by atoms with Crippen molar-refractivity contribution >= 4 is 33.6 Å². The molecule has 0 bridgehead atoms. The van der Waals surface area contributed by atoms with Gasteiger partial charge in [-0.05, 0) is 30.9 Å². The minimum Gasteiger partial charge on any atom is -0.492 e. The van der Waals surface area contributed by atoms with Crippen LogP contribution in [0, 0.1) is 19.8 Å². The van der Waals surface area contributed by atoms with Gasteiger partial charge in [-0.15, -0.1) is 16.4 Å². The Labute approximate surface area is 165 Å². The van der Waals surface area contributed by atoms with Gasteiger partial charge in [-0.3, -0.25) is 4.79 Å². The van der Waals surface area contributed by atoms with Crippen LogP contribution in [0.4, 0.5) is 0 Å². The third-order valence-corrected chi connectivity index (χ3v) is 7.47. The Bertz CT molecular complexity index is 969. The number of methoxy groups -OCH3 is 1.